The molecule has 0 fully saturated rings. The van der Waals surface area contributed by atoms with E-state index in [2.05, 4.69) is 5.32 Å². The first-order valence-corrected chi connectivity index (χ1v) is 6.87. The van der Waals surface area contributed by atoms with Gasteiger partial charge in [-0.2, -0.15) is 0 Å². The van der Waals surface area contributed by atoms with Gasteiger partial charge < -0.3 is 10.1 Å². The molecule has 2 rings (SSSR count). The first kappa shape index (κ1) is 15.3. The highest BCUT2D eigenvalue weighted by Crippen LogP contribution is 2.24. The minimum absolute atomic E-state index is 0.265. The number of benzene rings is 2. The van der Waals surface area contributed by atoms with Gasteiger partial charge in [-0.3, -0.25) is 4.79 Å². The van der Waals surface area contributed by atoms with Crippen LogP contribution in [0.5, 0.6) is 5.75 Å². The molecule has 0 aromatic heterocycles. The fourth-order valence-corrected chi connectivity index (χ4v) is 1.90. The van der Waals surface area contributed by atoms with E-state index in [-0.39, 0.29) is 11.7 Å². The normalized spacial score (nSPS) is 11.8. The molecular formula is C16H15ClFNO2. The third-order valence-electron chi connectivity index (χ3n) is 2.89. The number of para-hydroxylation sites is 1. The molecule has 1 amide bonds. The van der Waals surface area contributed by atoms with Crippen molar-refractivity contribution in [2.45, 2.75) is 19.6 Å². The second-order valence-corrected chi connectivity index (χ2v) is 4.94. The van der Waals surface area contributed by atoms with Gasteiger partial charge in [0.2, 0.25) is 0 Å². The number of amides is 1. The Morgan fingerprint density at radius 3 is 2.57 bits per heavy atom. The summed E-state index contributed by atoms with van der Waals surface area (Å²) in [7, 11) is 0. The van der Waals surface area contributed by atoms with Crippen LogP contribution in [0.15, 0.2) is 48.5 Å². The molecule has 110 valence electrons. The first-order chi connectivity index (χ1) is 10.1. The van der Waals surface area contributed by atoms with E-state index in [4.69, 9.17) is 16.3 Å². The van der Waals surface area contributed by atoms with Crippen LogP contribution in [0.2, 0.25) is 5.02 Å². The molecule has 1 atom stereocenters. The van der Waals surface area contributed by atoms with E-state index in [1.807, 2.05) is 0 Å². The number of hydrogen-bond acceptors (Lipinski definition) is 2. The molecule has 0 aliphatic heterocycles. The zero-order valence-electron chi connectivity index (χ0n) is 11.5. The van der Waals surface area contributed by atoms with Gasteiger partial charge in [-0.15, -0.1) is 0 Å². The largest absolute Gasteiger partial charge is 0.479 e. The van der Waals surface area contributed by atoms with Crippen LogP contribution in [0.4, 0.5) is 4.39 Å². The van der Waals surface area contributed by atoms with Crippen LogP contribution in [0.1, 0.15) is 12.5 Å². The number of rotatable bonds is 5. The zero-order chi connectivity index (χ0) is 15.2. The van der Waals surface area contributed by atoms with Crippen LogP contribution >= 0.6 is 11.6 Å². The summed E-state index contributed by atoms with van der Waals surface area (Å²) < 4.78 is 18.3. The van der Waals surface area contributed by atoms with Gasteiger partial charge in [-0.05, 0) is 36.8 Å². The van der Waals surface area contributed by atoms with E-state index < -0.39 is 6.10 Å². The Kier molecular flexibility index (Phi) is 5.17. The lowest BCUT2D eigenvalue weighted by atomic mass is 10.2. The standard InChI is InChI=1S/C16H15ClFNO2/c1-11(21-15-5-3-2-4-14(15)17)16(20)19-10-12-6-8-13(18)9-7-12/h2-9,11H,10H2,1H3,(H,19,20). The van der Waals surface area contributed by atoms with Crippen molar-refractivity contribution >= 4 is 17.5 Å². The van der Waals surface area contributed by atoms with Gasteiger partial charge in [-0.25, -0.2) is 4.39 Å². The molecule has 5 heteroatoms. The topological polar surface area (TPSA) is 38.3 Å². The van der Waals surface area contributed by atoms with E-state index in [0.29, 0.717) is 17.3 Å². The van der Waals surface area contributed by atoms with Gasteiger partial charge in [0.25, 0.3) is 5.91 Å². The minimum Gasteiger partial charge on any atom is -0.479 e. The second kappa shape index (κ2) is 7.09. The number of carbonyl (C=O) groups excluding carboxylic acids is 1. The molecule has 0 saturated carbocycles. The minimum atomic E-state index is -0.676. The van der Waals surface area contributed by atoms with Crippen LogP contribution in [-0.2, 0) is 11.3 Å². The van der Waals surface area contributed by atoms with E-state index in [0.717, 1.165) is 5.56 Å². The molecule has 0 saturated heterocycles. The molecule has 2 aromatic carbocycles. The highest BCUT2D eigenvalue weighted by Gasteiger charge is 2.15. The number of ether oxygens (including phenoxy) is 1. The zero-order valence-corrected chi connectivity index (χ0v) is 12.2. The Hall–Kier alpha value is -2.07. The van der Waals surface area contributed by atoms with Crippen molar-refractivity contribution in [2.24, 2.45) is 0 Å². The lowest BCUT2D eigenvalue weighted by Crippen LogP contribution is -2.35. The number of nitrogens with one attached hydrogen (secondary N) is 1. The van der Waals surface area contributed by atoms with Crippen molar-refractivity contribution in [3.05, 3.63) is 64.9 Å². The molecule has 0 heterocycles. The maximum absolute atomic E-state index is 12.8. The molecular weight excluding hydrogens is 293 g/mol. The van der Waals surface area contributed by atoms with Gasteiger partial charge in [0.05, 0.1) is 5.02 Å². The number of hydrogen-bond donors (Lipinski definition) is 1. The van der Waals surface area contributed by atoms with Crippen LogP contribution in [0.25, 0.3) is 0 Å². The van der Waals surface area contributed by atoms with Crippen molar-refractivity contribution < 1.29 is 13.9 Å². The molecule has 3 nitrogen and oxygen atoms in total. The maximum Gasteiger partial charge on any atom is 0.261 e. The molecule has 1 unspecified atom stereocenters. The van der Waals surface area contributed by atoms with E-state index >= 15 is 0 Å². The van der Waals surface area contributed by atoms with Crippen molar-refractivity contribution in [1.82, 2.24) is 5.32 Å². The van der Waals surface area contributed by atoms with Crippen LogP contribution in [0.3, 0.4) is 0 Å². The predicted octanol–water partition coefficient (Wildman–Crippen LogP) is 3.56. The summed E-state index contributed by atoms with van der Waals surface area (Å²) in [6, 6.07) is 12.9. The summed E-state index contributed by atoms with van der Waals surface area (Å²) in [5.74, 6) is -0.108. The first-order valence-electron chi connectivity index (χ1n) is 6.49. The number of carbonyl (C=O) groups is 1. The highest BCUT2D eigenvalue weighted by atomic mass is 35.5. The van der Waals surface area contributed by atoms with Gasteiger partial charge in [0, 0.05) is 6.54 Å². The van der Waals surface area contributed by atoms with Crippen LogP contribution < -0.4 is 10.1 Å². The molecule has 0 spiro atoms. The van der Waals surface area contributed by atoms with Crippen molar-refractivity contribution in [3.8, 4) is 5.75 Å². The Morgan fingerprint density at radius 1 is 1.24 bits per heavy atom. The molecule has 0 radical (unpaired) electrons. The van der Waals surface area contributed by atoms with E-state index in [1.165, 1.54) is 12.1 Å². The van der Waals surface area contributed by atoms with Crippen LogP contribution in [-0.4, -0.2) is 12.0 Å². The molecule has 0 aliphatic rings. The lowest BCUT2D eigenvalue weighted by Gasteiger charge is -2.15. The second-order valence-electron chi connectivity index (χ2n) is 4.53. The van der Waals surface area contributed by atoms with E-state index in [1.54, 1.807) is 43.3 Å². The molecule has 0 bridgehead atoms. The average Bonchev–Trinajstić information content (AvgIpc) is 2.48. The average molecular weight is 308 g/mol. The van der Waals surface area contributed by atoms with Gasteiger partial charge >= 0.3 is 0 Å². The molecule has 21 heavy (non-hydrogen) atoms. The fourth-order valence-electron chi connectivity index (χ4n) is 1.72. The summed E-state index contributed by atoms with van der Waals surface area (Å²) >= 11 is 5.97. The number of halogens is 2. The molecule has 0 aliphatic carbocycles. The van der Waals surface area contributed by atoms with Crippen molar-refractivity contribution in [3.63, 3.8) is 0 Å². The summed E-state index contributed by atoms with van der Waals surface area (Å²) in [4.78, 5) is 11.9. The fraction of sp³-hybridized carbons (Fsp3) is 0.188. The highest BCUT2D eigenvalue weighted by molar-refractivity contribution is 6.32. The Bertz CT molecular complexity index is 616. The van der Waals surface area contributed by atoms with Crippen LogP contribution in [0, 0.1) is 5.82 Å². The monoisotopic (exact) mass is 307 g/mol. The summed E-state index contributed by atoms with van der Waals surface area (Å²) in [6.45, 7) is 1.96. The third kappa shape index (κ3) is 4.46. The van der Waals surface area contributed by atoms with Gasteiger partial charge in [0.1, 0.15) is 11.6 Å². The SMILES string of the molecule is CC(Oc1ccccc1Cl)C(=O)NCc1ccc(F)cc1. The third-order valence-corrected chi connectivity index (χ3v) is 3.20. The van der Waals surface area contributed by atoms with Crippen molar-refractivity contribution in [2.75, 3.05) is 0 Å². The summed E-state index contributed by atoms with van der Waals surface area (Å²) in [5, 5.41) is 3.18. The quantitative estimate of drug-likeness (QED) is 0.917. The van der Waals surface area contributed by atoms with Gasteiger partial charge in [0.15, 0.2) is 6.10 Å². The molecule has 2 aromatic rings. The van der Waals surface area contributed by atoms with Gasteiger partial charge in [-0.1, -0.05) is 35.9 Å². The maximum atomic E-state index is 12.8. The van der Waals surface area contributed by atoms with E-state index in [9.17, 15) is 9.18 Å². The Labute approximate surface area is 127 Å². The van der Waals surface area contributed by atoms with Crippen molar-refractivity contribution in [1.29, 1.82) is 0 Å². The smallest absolute Gasteiger partial charge is 0.261 e. The Morgan fingerprint density at radius 2 is 1.90 bits per heavy atom. The predicted molar refractivity (Wildman–Crippen MR) is 79.8 cm³/mol. The molecule has 1 N–H and O–H groups in total. The lowest BCUT2D eigenvalue weighted by molar-refractivity contribution is -0.127. The summed E-state index contributed by atoms with van der Waals surface area (Å²) in [6.07, 6.45) is -0.676. The summed E-state index contributed by atoms with van der Waals surface area (Å²) in [5.41, 5.74) is 0.815. The Balaban J connectivity index is 1.88.